The lowest BCUT2D eigenvalue weighted by atomic mass is 10.1. The van der Waals surface area contributed by atoms with E-state index in [4.69, 9.17) is 0 Å². The summed E-state index contributed by atoms with van der Waals surface area (Å²) in [4.78, 5) is 17.2. The maximum atomic E-state index is 12.0. The van der Waals surface area contributed by atoms with Crippen molar-refractivity contribution in [1.82, 2.24) is 4.98 Å². The summed E-state index contributed by atoms with van der Waals surface area (Å²) in [6.45, 7) is 6.18. The van der Waals surface area contributed by atoms with Crippen LogP contribution >= 0.6 is 0 Å². The molecule has 3 nitrogen and oxygen atoms in total. The third kappa shape index (κ3) is 2.13. The van der Waals surface area contributed by atoms with E-state index in [0.29, 0.717) is 0 Å². The van der Waals surface area contributed by atoms with Gasteiger partial charge in [-0.05, 0) is 44.2 Å². The summed E-state index contributed by atoms with van der Waals surface area (Å²) in [5.41, 5.74) is 3.19. The monoisotopic (exact) mass is 220 g/mol. The summed E-state index contributed by atoms with van der Waals surface area (Å²) in [7, 11) is 0. The Kier molecular flexibility index (Phi) is 3.32. The van der Waals surface area contributed by atoms with Crippen LogP contribution in [0.2, 0.25) is 0 Å². The lowest BCUT2D eigenvalue weighted by Crippen LogP contribution is -2.34. The second kappa shape index (κ2) is 4.73. The fraction of sp³-hybridized carbons (Fsp3) is 0.615. The van der Waals surface area contributed by atoms with Gasteiger partial charge in [-0.25, -0.2) is 0 Å². The van der Waals surface area contributed by atoms with Crippen molar-refractivity contribution in [1.29, 1.82) is 0 Å². The Morgan fingerprint density at radius 3 is 2.62 bits per heavy atom. The number of nitrogens with zero attached hydrogens (tertiary/aromatic N) is 1. The van der Waals surface area contributed by atoms with Gasteiger partial charge in [0.05, 0.1) is 0 Å². The molecule has 0 atom stereocenters. The topological polar surface area (TPSA) is 36.1 Å². The van der Waals surface area contributed by atoms with Crippen LogP contribution in [0.25, 0.3) is 0 Å². The molecule has 0 aromatic carbocycles. The minimum atomic E-state index is 0.0735. The Bertz CT molecular complexity index is 416. The van der Waals surface area contributed by atoms with Crippen molar-refractivity contribution < 1.29 is 0 Å². The van der Waals surface area contributed by atoms with E-state index in [1.165, 1.54) is 24.8 Å². The smallest absolute Gasteiger partial charge is 0.271 e. The molecule has 1 aliphatic heterocycles. The molecule has 1 aromatic rings. The lowest BCUT2D eigenvalue weighted by Gasteiger charge is -2.28. The van der Waals surface area contributed by atoms with Gasteiger partial charge in [-0.1, -0.05) is 6.92 Å². The number of nitrogens with one attached hydrogen (secondary N) is 1. The normalized spacial score (nSPS) is 16.5. The predicted octanol–water partition coefficient (Wildman–Crippen LogP) is 2.24. The van der Waals surface area contributed by atoms with E-state index in [2.05, 4.69) is 23.7 Å². The lowest BCUT2D eigenvalue weighted by molar-refractivity contribution is 0.575. The number of aryl methyl sites for hydroxylation is 2. The average Bonchev–Trinajstić information content (AvgIpc) is 2.32. The first kappa shape index (κ1) is 11.2. The van der Waals surface area contributed by atoms with Crippen molar-refractivity contribution in [2.75, 3.05) is 18.0 Å². The minimum absolute atomic E-state index is 0.0735. The number of aromatic nitrogens is 1. The van der Waals surface area contributed by atoms with Gasteiger partial charge in [0.2, 0.25) is 0 Å². The standard InChI is InChI=1S/C13H20N2O/c1-3-11-10(2)9-12(13(16)14-11)15-7-5-4-6-8-15/h9H,3-8H2,1-2H3,(H,14,16). The van der Waals surface area contributed by atoms with Crippen molar-refractivity contribution >= 4 is 5.69 Å². The van der Waals surface area contributed by atoms with Gasteiger partial charge in [0.15, 0.2) is 0 Å². The summed E-state index contributed by atoms with van der Waals surface area (Å²) < 4.78 is 0. The van der Waals surface area contributed by atoms with Crippen molar-refractivity contribution in [2.45, 2.75) is 39.5 Å². The highest BCUT2D eigenvalue weighted by Crippen LogP contribution is 2.17. The first-order valence-electron chi connectivity index (χ1n) is 6.20. The van der Waals surface area contributed by atoms with Gasteiger partial charge in [0.1, 0.15) is 5.69 Å². The molecule has 3 heteroatoms. The minimum Gasteiger partial charge on any atom is -0.367 e. The second-order valence-corrected chi connectivity index (χ2v) is 4.55. The third-order valence-corrected chi connectivity index (χ3v) is 3.38. The number of H-pyrrole nitrogens is 1. The Balaban J connectivity index is 2.33. The number of pyridine rings is 1. The number of hydrogen-bond donors (Lipinski definition) is 1. The van der Waals surface area contributed by atoms with Crippen LogP contribution in [-0.2, 0) is 6.42 Å². The van der Waals surface area contributed by atoms with Gasteiger partial charge >= 0.3 is 0 Å². The molecule has 1 N–H and O–H groups in total. The molecule has 0 saturated carbocycles. The van der Waals surface area contributed by atoms with E-state index < -0.39 is 0 Å². The van der Waals surface area contributed by atoms with Gasteiger partial charge in [-0.15, -0.1) is 0 Å². The molecule has 1 fully saturated rings. The van der Waals surface area contributed by atoms with Crippen LogP contribution in [0.3, 0.4) is 0 Å². The average molecular weight is 220 g/mol. The summed E-state index contributed by atoms with van der Waals surface area (Å²) in [6, 6.07) is 2.04. The number of anilines is 1. The summed E-state index contributed by atoms with van der Waals surface area (Å²) in [5.74, 6) is 0. The molecular formula is C13H20N2O. The van der Waals surface area contributed by atoms with Crippen LogP contribution in [0.1, 0.15) is 37.4 Å². The zero-order valence-electron chi connectivity index (χ0n) is 10.2. The van der Waals surface area contributed by atoms with Gasteiger partial charge in [-0.3, -0.25) is 4.79 Å². The van der Waals surface area contributed by atoms with Crippen LogP contribution in [0, 0.1) is 6.92 Å². The number of hydrogen-bond acceptors (Lipinski definition) is 2. The highest BCUT2D eigenvalue weighted by molar-refractivity contribution is 5.47. The van der Waals surface area contributed by atoms with E-state index in [1.807, 2.05) is 6.07 Å². The van der Waals surface area contributed by atoms with E-state index in [1.54, 1.807) is 0 Å². The Labute approximate surface area is 96.5 Å². The van der Waals surface area contributed by atoms with E-state index >= 15 is 0 Å². The van der Waals surface area contributed by atoms with Crippen LogP contribution in [0.15, 0.2) is 10.9 Å². The van der Waals surface area contributed by atoms with Crippen LogP contribution < -0.4 is 10.5 Å². The van der Waals surface area contributed by atoms with Gasteiger partial charge < -0.3 is 9.88 Å². The van der Waals surface area contributed by atoms with Crippen LogP contribution in [0.5, 0.6) is 0 Å². The molecule has 0 spiro atoms. The fourth-order valence-electron chi connectivity index (χ4n) is 2.39. The van der Waals surface area contributed by atoms with Gasteiger partial charge in [0.25, 0.3) is 5.56 Å². The van der Waals surface area contributed by atoms with Crippen molar-refractivity contribution in [2.24, 2.45) is 0 Å². The Morgan fingerprint density at radius 1 is 1.31 bits per heavy atom. The molecule has 0 radical (unpaired) electrons. The predicted molar refractivity (Wildman–Crippen MR) is 67.2 cm³/mol. The third-order valence-electron chi connectivity index (χ3n) is 3.38. The van der Waals surface area contributed by atoms with Crippen LogP contribution in [-0.4, -0.2) is 18.1 Å². The molecule has 16 heavy (non-hydrogen) atoms. The highest BCUT2D eigenvalue weighted by atomic mass is 16.1. The molecule has 0 amide bonds. The largest absolute Gasteiger partial charge is 0.367 e. The maximum Gasteiger partial charge on any atom is 0.271 e. The fourth-order valence-corrected chi connectivity index (χ4v) is 2.39. The van der Waals surface area contributed by atoms with Gasteiger partial charge in [0, 0.05) is 18.8 Å². The zero-order valence-corrected chi connectivity index (χ0v) is 10.2. The second-order valence-electron chi connectivity index (χ2n) is 4.55. The number of aromatic amines is 1. The molecular weight excluding hydrogens is 200 g/mol. The van der Waals surface area contributed by atoms with Crippen LogP contribution in [0.4, 0.5) is 5.69 Å². The summed E-state index contributed by atoms with van der Waals surface area (Å²) >= 11 is 0. The summed E-state index contributed by atoms with van der Waals surface area (Å²) in [5, 5.41) is 0. The van der Waals surface area contributed by atoms with E-state index in [-0.39, 0.29) is 5.56 Å². The first-order chi connectivity index (χ1) is 7.72. The molecule has 0 unspecified atom stereocenters. The zero-order chi connectivity index (χ0) is 11.5. The van der Waals surface area contributed by atoms with E-state index in [9.17, 15) is 4.79 Å². The molecule has 1 aliphatic rings. The maximum absolute atomic E-state index is 12.0. The SMILES string of the molecule is CCc1[nH]c(=O)c(N2CCCCC2)cc1C. The molecule has 88 valence electrons. The molecule has 1 aromatic heterocycles. The number of piperidine rings is 1. The quantitative estimate of drug-likeness (QED) is 0.829. The number of rotatable bonds is 2. The highest BCUT2D eigenvalue weighted by Gasteiger charge is 2.14. The molecule has 0 bridgehead atoms. The molecule has 2 rings (SSSR count). The summed E-state index contributed by atoms with van der Waals surface area (Å²) in [6.07, 6.45) is 4.59. The Hall–Kier alpha value is -1.25. The van der Waals surface area contributed by atoms with E-state index in [0.717, 1.165) is 30.9 Å². The Morgan fingerprint density at radius 2 is 2.00 bits per heavy atom. The van der Waals surface area contributed by atoms with Crippen molar-refractivity contribution in [3.05, 3.63) is 27.7 Å². The van der Waals surface area contributed by atoms with Crippen molar-refractivity contribution in [3.8, 4) is 0 Å². The molecule has 2 heterocycles. The van der Waals surface area contributed by atoms with Gasteiger partial charge in [-0.2, -0.15) is 0 Å². The first-order valence-corrected chi connectivity index (χ1v) is 6.20. The molecule has 1 saturated heterocycles. The van der Waals surface area contributed by atoms with Crippen molar-refractivity contribution in [3.63, 3.8) is 0 Å². The molecule has 0 aliphatic carbocycles.